The molecule has 72 valence electrons. The minimum Gasteiger partial charge on any atom is -0.508 e. The standard InChI is InChI=1S/C10H16O2Si/c1-13(2,3)12-8-9-5-4-6-10(11)7-9/h4-7,11H,8H2,1-3H3. The van der Waals surface area contributed by atoms with Crippen LogP contribution >= 0.6 is 0 Å². The maximum atomic E-state index is 9.20. The Hall–Kier alpha value is -0.803. The van der Waals surface area contributed by atoms with Gasteiger partial charge in [0.15, 0.2) is 8.32 Å². The molecule has 1 aromatic rings. The predicted octanol–water partition coefficient (Wildman–Crippen LogP) is 2.74. The van der Waals surface area contributed by atoms with Gasteiger partial charge >= 0.3 is 0 Å². The van der Waals surface area contributed by atoms with E-state index in [-0.39, 0.29) is 0 Å². The number of hydrogen-bond donors (Lipinski definition) is 1. The number of phenolic OH excluding ortho intramolecular Hbond substituents is 1. The number of rotatable bonds is 3. The van der Waals surface area contributed by atoms with E-state index >= 15 is 0 Å². The summed E-state index contributed by atoms with van der Waals surface area (Å²) >= 11 is 0. The van der Waals surface area contributed by atoms with Gasteiger partial charge in [0, 0.05) is 0 Å². The molecule has 0 aromatic heterocycles. The van der Waals surface area contributed by atoms with E-state index in [4.69, 9.17) is 4.43 Å². The lowest BCUT2D eigenvalue weighted by Gasteiger charge is -2.17. The van der Waals surface area contributed by atoms with Gasteiger partial charge in [-0.3, -0.25) is 0 Å². The summed E-state index contributed by atoms with van der Waals surface area (Å²) in [6, 6.07) is 7.19. The van der Waals surface area contributed by atoms with Crippen LogP contribution in [0.25, 0.3) is 0 Å². The van der Waals surface area contributed by atoms with Crippen LogP contribution in [0.2, 0.25) is 19.6 Å². The van der Waals surface area contributed by atoms with Crippen molar-refractivity contribution in [2.75, 3.05) is 0 Å². The first-order chi connectivity index (χ1) is 5.97. The molecular weight excluding hydrogens is 180 g/mol. The van der Waals surface area contributed by atoms with Crippen LogP contribution in [0.15, 0.2) is 24.3 Å². The molecule has 0 spiro atoms. The van der Waals surface area contributed by atoms with E-state index < -0.39 is 8.32 Å². The Morgan fingerprint density at radius 3 is 2.54 bits per heavy atom. The lowest BCUT2D eigenvalue weighted by molar-refractivity contribution is 0.299. The van der Waals surface area contributed by atoms with E-state index in [0.29, 0.717) is 12.4 Å². The molecule has 0 radical (unpaired) electrons. The summed E-state index contributed by atoms with van der Waals surface area (Å²) in [7, 11) is -1.44. The lowest BCUT2D eigenvalue weighted by atomic mass is 10.2. The second-order valence-corrected chi connectivity index (χ2v) is 8.58. The Bertz CT molecular complexity index is 278. The topological polar surface area (TPSA) is 29.5 Å². The van der Waals surface area contributed by atoms with Crippen LogP contribution in [0.5, 0.6) is 5.75 Å². The van der Waals surface area contributed by atoms with Gasteiger partial charge in [0.1, 0.15) is 5.75 Å². The summed E-state index contributed by atoms with van der Waals surface area (Å²) in [6.07, 6.45) is 0. The molecule has 3 heteroatoms. The van der Waals surface area contributed by atoms with Crippen molar-refractivity contribution in [1.29, 1.82) is 0 Å². The largest absolute Gasteiger partial charge is 0.508 e. The van der Waals surface area contributed by atoms with Gasteiger partial charge in [0.05, 0.1) is 6.61 Å². The van der Waals surface area contributed by atoms with Crippen molar-refractivity contribution < 1.29 is 9.53 Å². The van der Waals surface area contributed by atoms with E-state index in [0.717, 1.165) is 5.56 Å². The van der Waals surface area contributed by atoms with Crippen LogP contribution in [-0.4, -0.2) is 13.4 Å². The highest BCUT2D eigenvalue weighted by molar-refractivity contribution is 6.69. The van der Waals surface area contributed by atoms with E-state index in [9.17, 15) is 5.11 Å². The fourth-order valence-electron chi connectivity index (χ4n) is 0.946. The quantitative estimate of drug-likeness (QED) is 0.753. The fourth-order valence-corrected chi connectivity index (χ4v) is 1.55. The van der Waals surface area contributed by atoms with Crippen LogP contribution in [-0.2, 0) is 11.0 Å². The average Bonchev–Trinajstić information content (AvgIpc) is 2.00. The first-order valence-electron chi connectivity index (χ1n) is 4.39. The minimum absolute atomic E-state index is 0.302. The summed E-state index contributed by atoms with van der Waals surface area (Å²) in [6.45, 7) is 7.05. The second-order valence-electron chi connectivity index (χ2n) is 4.07. The fraction of sp³-hybridized carbons (Fsp3) is 0.400. The van der Waals surface area contributed by atoms with Gasteiger partial charge in [-0.2, -0.15) is 0 Å². The zero-order chi connectivity index (χ0) is 9.90. The number of hydrogen-bond acceptors (Lipinski definition) is 2. The molecule has 1 rings (SSSR count). The SMILES string of the molecule is C[Si](C)(C)OCc1cccc(O)c1. The molecule has 0 atom stereocenters. The first kappa shape index (κ1) is 10.3. The van der Waals surface area contributed by atoms with Crippen molar-refractivity contribution in [1.82, 2.24) is 0 Å². The maximum Gasteiger partial charge on any atom is 0.184 e. The minimum atomic E-state index is -1.44. The van der Waals surface area contributed by atoms with Gasteiger partial charge in [-0.15, -0.1) is 0 Å². The molecule has 1 aromatic carbocycles. The molecule has 0 saturated carbocycles. The highest BCUT2D eigenvalue weighted by Crippen LogP contribution is 2.14. The first-order valence-corrected chi connectivity index (χ1v) is 7.80. The van der Waals surface area contributed by atoms with Crippen LogP contribution in [0.3, 0.4) is 0 Å². The third-order valence-electron chi connectivity index (χ3n) is 1.58. The van der Waals surface area contributed by atoms with E-state index in [1.165, 1.54) is 0 Å². The maximum absolute atomic E-state index is 9.20. The van der Waals surface area contributed by atoms with Crippen molar-refractivity contribution in [3.63, 3.8) is 0 Å². The smallest absolute Gasteiger partial charge is 0.184 e. The normalized spacial score (nSPS) is 11.6. The van der Waals surface area contributed by atoms with Gasteiger partial charge in [-0.25, -0.2) is 0 Å². The van der Waals surface area contributed by atoms with Crippen LogP contribution in [0.1, 0.15) is 5.56 Å². The lowest BCUT2D eigenvalue weighted by Crippen LogP contribution is -2.24. The van der Waals surface area contributed by atoms with Crippen molar-refractivity contribution in [3.05, 3.63) is 29.8 Å². The molecule has 0 aliphatic rings. The van der Waals surface area contributed by atoms with Crippen molar-refractivity contribution in [2.24, 2.45) is 0 Å². The Labute approximate surface area is 80.3 Å². The summed E-state index contributed by atoms with van der Waals surface area (Å²) in [5.41, 5.74) is 1.03. The van der Waals surface area contributed by atoms with Crippen molar-refractivity contribution in [3.8, 4) is 5.75 Å². The molecule has 1 N–H and O–H groups in total. The summed E-state index contributed by atoms with van der Waals surface area (Å²) in [5.74, 6) is 0.302. The monoisotopic (exact) mass is 196 g/mol. The Morgan fingerprint density at radius 2 is 2.00 bits per heavy atom. The summed E-state index contributed by atoms with van der Waals surface area (Å²) < 4.78 is 5.70. The highest BCUT2D eigenvalue weighted by atomic mass is 28.4. The Morgan fingerprint density at radius 1 is 1.31 bits per heavy atom. The molecule has 0 aliphatic carbocycles. The zero-order valence-electron chi connectivity index (χ0n) is 8.37. The van der Waals surface area contributed by atoms with Gasteiger partial charge in [0.25, 0.3) is 0 Å². The number of benzene rings is 1. The van der Waals surface area contributed by atoms with Crippen molar-refractivity contribution >= 4 is 8.32 Å². The molecule has 0 heterocycles. The van der Waals surface area contributed by atoms with Gasteiger partial charge in [-0.05, 0) is 37.3 Å². The zero-order valence-corrected chi connectivity index (χ0v) is 9.37. The summed E-state index contributed by atoms with van der Waals surface area (Å²) in [5, 5.41) is 9.20. The third-order valence-corrected chi connectivity index (χ3v) is 2.59. The molecule has 0 amide bonds. The predicted molar refractivity (Wildman–Crippen MR) is 56.2 cm³/mol. The molecule has 0 fully saturated rings. The van der Waals surface area contributed by atoms with Gasteiger partial charge < -0.3 is 9.53 Å². The van der Waals surface area contributed by atoms with Crippen LogP contribution in [0.4, 0.5) is 0 Å². The van der Waals surface area contributed by atoms with Gasteiger partial charge in [-0.1, -0.05) is 12.1 Å². The van der Waals surface area contributed by atoms with Crippen LogP contribution < -0.4 is 0 Å². The number of phenols is 1. The van der Waals surface area contributed by atoms with Gasteiger partial charge in [0.2, 0.25) is 0 Å². The Kier molecular flexibility index (Phi) is 3.11. The van der Waals surface area contributed by atoms with E-state index in [1.54, 1.807) is 12.1 Å². The summed E-state index contributed by atoms with van der Waals surface area (Å²) in [4.78, 5) is 0. The highest BCUT2D eigenvalue weighted by Gasteiger charge is 2.13. The molecule has 13 heavy (non-hydrogen) atoms. The average molecular weight is 196 g/mol. The molecular formula is C10H16O2Si. The third kappa shape index (κ3) is 4.10. The number of aromatic hydroxyl groups is 1. The van der Waals surface area contributed by atoms with Crippen molar-refractivity contribution in [2.45, 2.75) is 26.2 Å². The molecule has 0 aliphatic heterocycles. The Balaban J connectivity index is 2.55. The second kappa shape index (κ2) is 3.94. The molecule has 0 bridgehead atoms. The molecule has 0 unspecified atom stereocenters. The van der Waals surface area contributed by atoms with E-state index in [1.807, 2.05) is 12.1 Å². The molecule has 2 nitrogen and oxygen atoms in total. The molecule has 0 saturated heterocycles. The van der Waals surface area contributed by atoms with Crippen LogP contribution in [0, 0.1) is 0 Å². The van der Waals surface area contributed by atoms with E-state index in [2.05, 4.69) is 19.6 Å².